The molecule has 110 valence electrons. The van der Waals surface area contributed by atoms with Gasteiger partial charge in [0.25, 0.3) is 0 Å². The minimum absolute atomic E-state index is 0.0357. The van der Waals surface area contributed by atoms with Crippen LogP contribution in [0.5, 0.6) is 0 Å². The van der Waals surface area contributed by atoms with Crippen molar-refractivity contribution >= 4 is 17.5 Å². The van der Waals surface area contributed by atoms with Gasteiger partial charge in [-0.3, -0.25) is 10.1 Å². The van der Waals surface area contributed by atoms with Crippen molar-refractivity contribution < 1.29 is 10.0 Å². The number of aliphatic hydroxyl groups is 1. The lowest BCUT2D eigenvalue weighted by molar-refractivity contribution is -0.385. The van der Waals surface area contributed by atoms with Crippen LogP contribution in [0.3, 0.4) is 0 Å². The van der Waals surface area contributed by atoms with Crippen LogP contribution in [-0.2, 0) is 0 Å². The van der Waals surface area contributed by atoms with Crippen molar-refractivity contribution in [2.75, 3.05) is 37.0 Å². The van der Waals surface area contributed by atoms with Crippen molar-refractivity contribution in [1.29, 1.82) is 0 Å². The summed E-state index contributed by atoms with van der Waals surface area (Å²) in [6.45, 7) is 3.10. The van der Waals surface area contributed by atoms with Crippen LogP contribution in [0.2, 0.25) is 0 Å². The lowest BCUT2D eigenvalue weighted by Gasteiger charge is -2.31. The van der Waals surface area contributed by atoms with Crippen molar-refractivity contribution in [2.24, 2.45) is 5.92 Å². The van der Waals surface area contributed by atoms with E-state index < -0.39 is 4.92 Å². The molecule has 20 heavy (non-hydrogen) atoms. The maximum absolute atomic E-state index is 11.2. The van der Waals surface area contributed by atoms with E-state index in [4.69, 9.17) is 5.11 Å². The van der Waals surface area contributed by atoms with Crippen molar-refractivity contribution in [1.82, 2.24) is 9.97 Å². The minimum Gasteiger partial charge on any atom is -0.396 e. The fourth-order valence-electron chi connectivity index (χ4n) is 2.43. The first kappa shape index (κ1) is 14.4. The number of hydrogen-bond acceptors (Lipinski definition) is 7. The minimum atomic E-state index is -0.428. The molecule has 2 N–H and O–H groups in total. The maximum atomic E-state index is 11.2. The molecule has 1 aliphatic rings. The number of piperidine rings is 1. The van der Waals surface area contributed by atoms with E-state index in [0.29, 0.717) is 30.5 Å². The summed E-state index contributed by atoms with van der Waals surface area (Å²) in [5.74, 6) is 1.02. The fourth-order valence-corrected chi connectivity index (χ4v) is 2.43. The molecule has 1 saturated heterocycles. The van der Waals surface area contributed by atoms with Gasteiger partial charge in [0.05, 0.1) is 4.92 Å². The molecule has 8 nitrogen and oxygen atoms in total. The highest BCUT2D eigenvalue weighted by atomic mass is 16.6. The summed E-state index contributed by atoms with van der Waals surface area (Å²) in [5.41, 5.74) is 0.320. The molecule has 1 aliphatic heterocycles. The normalized spacial score (nSPS) is 16.2. The molecule has 0 aromatic carbocycles. The van der Waals surface area contributed by atoms with E-state index in [1.165, 1.54) is 0 Å². The SMILES string of the molecule is CNc1nc(C)c([N+](=O)[O-])c(N2CCC(CO)CC2)n1. The third-order valence-corrected chi connectivity index (χ3v) is 3.62. The summed E-state index contributed by atoms with van der Waals surface area (Å²) in [5, 5.41) is 23.2. The number of nitro groups is 1. The molecule has 0 radical (unpaired) electrons. The number of anilines is 2. The van der Waals surface area contributed by atoms with Crippen LogP contribution in [0.4, 0.5) is 17.5 Å². The van der Waals surface area contributed by atoms with Gasteiger partial charge in [0.15, 0.2) is 0 Å². The Kier molecular flexibility index (Phi) is 4.33. The fraction of sp³-hybridized carbons (Fsp3) is 0.667. The molecule has 1 fully saturated rings. The Morgan fingerprint density at radius 1 is 1.45 bits per heavy atom. The topological polar surface area (TPSA) is 104 Å². The lowest BCUT2D eigenvalue weighted by atomic mass is 9.98. The van der Waals surface area contributed by atoms with Crippen LogP contribution in [0.25, 0.3) is 0 Å². The Labute approximate surface area is 117 Å². The molecule has 2 rings (SSSR count). The molecule has 0 atom stereocenters. The standard InChI is InChI=1S/C12H19N5O3/c1-8-10(17(19)20)11(15-12(13-2)14-8)16-5-3-9(7-18)4-6-16/h9,18H,3-7H2,1-2H3,(H,13,14,15). The van der Waals surface area contributed by atoms with Crippen molar-refractivity contribution in [3.05, 3.63) is 15.8 Å². The molecular weight excluding hydrogens is 262 g/mol. The van der Waals surface area contributed by atoms with Gasteiger partial charge in [-0.05, 0) is 25.7 Å². The van der Waals surface area contributed by atoms with Gasteiger partial charge in [0.2, 0.25) is 11.8 Å². The van der Waals surface area contributed by atoms with Gasteiger partial charge in [-0.2, -0.15) is 4.98 Å². The van der Waals surface area contributed by atoms with Crippen LogP contribution >= 0.6 is 0 Å². The smallest absolute Gasteiger partial charge is 0.332 e. The van der Waals surface area contributed by atoms with E-state index in [1.807, 2.05) is 4.90 Å². The van der Waals surface area contributed by atoms with Gasteiger partial charge in [0.1, 0.15) is 5.69 Å². The zero-order valence-electron chi connectivity index (χ0n) is 11.7. The third kappa shape index (κ3) is 2.79. The third-order valence-electron chi connectivity index (χ3n) is 3.62. The highest BCUT2D eigenvalue weighted by Gasteiger charge is 2.29. The first-order chi connectivity index (χ1) is 9.56. The number of aromatic nitrogens is 2. The first-order valence-corrected chi connectivity index (χ1v) is 6.63. The summed E-state index contributed by atoms with van der Waals surface area (Å²) >= 11 is 0. The van der Waals surface area contributed by atoms with Gasteiger partial charge in [-0.25, -0.2) is 4.98 Å². The summed E-state index contributed by atoms with van der Waals surface area (Å²) in [7, 11) is 1.68. The van der Waals surface area contributed by atoms with Gasteiger partial charge in [-0.15, -0.1) is 0 Å². The molecular formula is C12H19N5O3. The average Bonchev–Trinajstić information content (AvgIpc) is 2.46. The predicted octanol–water partition coefficient (Wildman–Crippen LogP) is 0.944. The number of rotatable bonds is 4. The molecule has 0 amide bonds. The zero-order valence-corrected chi connectivity index (χ0v) is 11.7. The second-order valence-electron chi connectivity index (χ2n) is 4.92. The van der Waals surface area contributed by atoms with Crippen molar-refractivity contribution in [2.45, 2.75) is 19.8 Å². The van der Waals surface area contributed by atoms with Gasteiger partial charge in [-0.1, -0.05) is 0 Å². The molecule has 0 spiro atoms. The molecule has 1 aromatic heterocycles. The maximum Gasteiger partial charge on any atom is 0.332 e. The number of aryl methyl sites for hydroxylation is 1. The summed E-state index contributed by atoms with van der Waals surface area (Å²) in [6.07, 6.45) is 1.62. The molecule has 0 aliphatic carbocycles. The first-order valence-electron chi connectivity index (χ1n) is 6.63. The summed E-state index contributed by atoms with van der Waals surface area (Å²) in [6, 6.07) is 0. The van der Waals surface area contributed by atoms with Crippen LogP contribution in [0, 0.1) is 23.0 Å². The van der Waals surface area contributed by atoms with Crippen LogP contribution in [-0.4, -0.2) is 46.7 Å². The summed E-state index contributed by atoms with van der Waals surface area (Å²) < 4.78 is 0. The van der Waals surface area contributed by atoms with E-state index in [2.05, 4.69) is 15.3 Å². The van der Waals surface area contributed by atoms with E-state index in [1.54, 1.807) is 14.0 Å². The average molecular weight is 281 g/mol. The second-order valence-corrected chi connectivity index (χ2v) is 4.92. The van der Waals surface area contributed by atoms with Crippen molar-refractivity contribution in [3.63, 3.8) is 0 Å². The lowest BCUT2D eigenvalue weighted by Crippen LogP contribution is -2.36. The molecule has 2 heterocycles. The number of nitrogens with one attached hydrogen (secondary N) is 1. The second kappa shape index (κ2) is 6.00. The van der Waals surface area contributed by atoms with Crippen LogP contribution in [0.15, 0.2) is 0 Å². The Balaban J connectivity index is 2.34. The Morgan fingerprint density at radius 3 is 2.60 bits per heavy atom. The largest absolute Gasteiger partial charge is 0.396 e. The van der Waals surface area contributed by atoms with Gasteiger partial charge in [0, 0.05) is 26.7 Å². The monoisotopic (exact) mass is 281 g/mol. The molecule has 1 aromatic rings. The van der Waals surface area contributed by atoms with E-state index in [9.17, 15) is 10.1 Å². The highest BCUT2D eigenvalue weighted by molar-refractivity contribution is 5.62. The summed E-state index contributed by atoms with van der Waals surface area (Å²) in [4.78, 5) is 21.0. The Bertz CT molecular complexity index is 500. The van der Waals surface area contributed by atoms with Crippen LogP contribution in [0.1, 0.15) is 18.5 Å². The number of aliphatic hydroxyl groups excluding tert-OH is 1. The van der Waals surface area contributed by atoms with E-state index in [0.717, 1.165) is 12.8 Å². The Hall–Kier alpha value is -1.96. The zero-order chi connectivity index (χ0) is 14.7. The van der Waals surface area contributed by atoms with Gasteiger partial charge >= 0.3 is 5.69 Å². The predicted molar refractivity (Wildman–Crippen MR) is 75.0 cm³/mol. The number of nitrogens with zero attached hydrogens (tertiary/aromatic N) is 4. The quantitative estimate of drug-likeness (QED) is 0.625. The molecule has 0 bridgehead atoms. The molecule has 8 heteroatoms. The van der Waals surface area contributed by atoms with Crippen LogP contribution < -0.4 is 10.2 Å². The van der Waals surface area contributed by atoms with E-state index >= 15 is 0 Å². The molecule has 0 unspecified atom stereocenters. The van der Waals surface area contributed by atoms with Gasteiger partial charge < -0.3 is 15.3 Å². The Morgan fingerprint density at radius 2 is 2.10 bits per heavy atom. The van der Waals surface area contributed by atoms with Crippen molar-refractivity contribution in [3.8, 4) is 0 Å². The number of hydrogen-bond donors (Lipinski definition) is 2. The highest BCUT2D eigenvalue weighted by Crippen LogP contribution is 2.32. The van der Waals surface area contributed by atoms with E-state index in [-0.39, 0.29) is 18.2 Å². The molecule has 0 saturated carbocycles.